The van der Waals surface area contributed by atoms with E-state index in [0.717, 1.165) is 44.8 Å². The summed E-state index contributed by atoms with van der Waals surface area (Å²) in [6, 6.07) is 1.89. The van der Waals surface area contributed by atoms with Crippen molar-refractivity contribution in [2.45, 2.75) is 26.4 Å². The van der Waals surface area contributed by atoms with E-state index in [-0.39, 0.29) is 11.8 Å². The molecule has 1 aliphatic rings. The number of carbonyl (C=O) groups is 1. The third kappa shape index (κ3) is 4.39. The third-order valence-electron chi connectivity index (χ3n) is 4.21. The van der Waals surface area contributed by atoms with Gasteiger partial charge in [-0.25, -0.2) is 4.98 Å². The Morgan fingerprint density at radius 3 is 3.00 bits per heavy atom. The van der Waals surface area contributed by atoms with Crippen molar-refractivity contribution in [3.63, 3.8) is 0 Å². The molecule has 0 bridgehead atoms. The number of carbonyl (C=O) groups excluding carboxylic acids is 1. The van der Waals surface area contributed by atoms with Gasteiger partial charge in [-0.2, -0.15) is 5.10 Å². The van der Waals surface area contributed by atoms with Crippen LogP contribution in [0, 0.1) is 5.92 Å². The van der Waals surface area contributed by atoms with Crippen molar-refractivity contribution in [2.75, 3.05) is 26.2 Å². The molecule has 2 aromatic rings. The highest BCUT2D eigenvalue weighted by Gasteiger charge is 2.23. The second-order valence-electron chi connectivity index (χ2n) is 6.06. The van der Waals surface area contributed by atoms with Crippen LogP contribution in [0.3, 0.4) is 0 Å². The smallest absolute Gasteiger partial charge is 0.227 e. The lowest BCUT2D eigenvalue weighted by atomic mass is 10.1. The van der Waals surface area contributed by atoms with Crippen molar-refractivity contribution >= 4 is 17.2 Å². The van der Waals surface area contributed by atoms with Crippen LogP contribution in [0.2, 0.25) is 0 Å². The van der Waals surface area contributed by atoms with Gasteiger partial charge in [0.25, 0.3) is 0 Å². The van der Waals surface area contributed by atoms with Crippen LogP contribution in [0.4, 0.5) is 0 Å². The highest BCUT2D eigenvalue weighted by atomic mass is 32.1. The Morgan fingerprint density at radius 1 is 1.35 bits per heavy atom. The van der Waals surface area contributed by atoms with E-state index in [1.807, 2.05) is 34.3 Å². The third-order valence-corrected chi connectivity index (χ3v) is 4.85. The first kappa shape index (κ1) is 16.1. The van der Waals surface area contributed by atoms with Crippen LogP contribution >= 0.6 is 11.3 Å². The predicted octanol–water partition coefficient (Wildman–Crippen LogP) is 1.71. The predicted molar refractivity (Wildman–Crippen MR) is 90.0 cm³/mol. The van der Waals surface area contributed by atoms with E-state index in [2.05, 4.69) is 20.4 Å². The molecule has 1 fully saturated rings. The summed E-state index contributed by atoms with van der Waals surface area (Å²) in [6.45, 7) is 7.09. The molecule has 2 aromatic heterocycles. The zero-order valence-electron chi connectivity index (χ0n) is 13.5. The fourth-order valence-corrected chi connectivity index (χ4v) is 3.52. The van der Waals surface area contributed by atoms with Crippen molar-refractivity contribution < 1.29 is 4.79 Å². The zero-order valence-corrected chi connectivity index (χ0v) is 14.3. The Kier molecular flexibility index (Phi) is 5.40. The molecule has 1 amide bonds. The molecule has 3 rings (SSSR count). The van der Waals surface area contributed by atoms with Crippen LogP contribution in [-0.4, -0.2) is 56.7 Å². The largest absolute Gasteiger partial charge is 0.341 e. The lowest BCUT2D eigenvalue weighted by molar-refractivity contribution is -0.135. The standard InChI is InChI=1S/C16H23N5OS/c1-14(10-21-7-2-4-18-21)16(22)20-6-3-5-19(8-9-20)11-15-12-23-13-17-15/h2,4,7,12-14H,3,5-6,8-11H2,1H3/t14-/m1/s1. The summed E-state index contributed by atoms with van der Waals surface area (Å²) in [6.07, 6.45) is 4.67. The molecular formula is C16H23N5OS. The van der Waals surface area contributed by atoms with E-state index in [1.54, 1.807) is 17.5 Å². The second-order valence-corrected chi connectivity index (χ2v) is 6.78. The summed E-state index contributed by atoms with van der Waals surface area (Å²) in [5.74, 6) is 0.191. The molecule has 1 atom stereocenters. The molecule has 0 aliphatic carbocycles. The average molecular weight is 333 g/mol. The molecule has 3 heterocycles. The number of aromatic nitrogens is 3. The van der Waals surface area contributed by atoms with Crippen molar-refractivity contribution in [3.8, 4) is 0 Å². The first-order valence-corrected chi connectivity index (χ1v) is 9.02. The number of hydrogen-bond acceptors (Lipinski definition) is 5. The Hall–Kier alpha value is -1.73. The SMILES string of the molecule is C[C@H](Cn1cccn1)C(=O)N1CCCN(Cc2cscn2)CC1. The molecule has 0 aromatic carbocycles. The Bertz CT molecular complexity index is 598. The topological polar surface area (TPSA) is 54.3 Å². The first-order valence-electron chi connectivity index (χ1n) is 8.08. The van der Waals surface area contributed by atoms with Crippen LogP contribution in [0.1, 0.15) is 19.0 Å². The van der Waals surface area contributed by atoms with Gasteiger partial charge in [-0.3, -0.25) is 14.4 Å². The lowest BCUT2D eigenvalue weighted by Crippen LogP contribution is -2.39. The molecular weight excluding hydrogens is 310 g/mol. The maximum absolute atomic E-state index is 12.7. The van der Waals surface area contributed by atoms with Crippen LogP contribution in [0.25, 0.3) is 0 Å². The van der Waals surface area contributed by atoms with Crippen LogP contribution < -0.4 is 0 Å². The molecule has 124 valence electrons. The maximum atomic E-state index is 12.7. The van der Waals surface area contributed by atoms with Crippen molar-refractivity contribution in [1.29, 1.82) is 0 Å². The van der Waals surface area contributed by atoms with Gasteiger partial charge in [0, 0.05) is 50.5 Å². The van der Waals surface area contributed by atoms with Gasteiger partial charge in [-0.05, 0) is 12.5 Å². The van der Waals surface area contributed by atoms with E-state index in [4.69, 9.17) is 0 Å². The molecule has 7 heteroatoms. The van der Waals surface area contributed by atoms with E-state index in [9.17, 15) is 4.79 Å². The van der Waals surface area contributed by atoms with Crippen molar-refractivity contribution in [1.82, 2.24) is 24.6 Å². The van der Waals surface area contributed by atoms with Crippen LogP contribution in [-0.2, 0) is 17.9 Å². The number of hydrogen-bond donors (Lipinski definition) is 0. The minimum absolute atomic E-state index is 0.0417. The fourth-order valence-electron chi connectivity index (χ4n) is 2.97. The highest BCUT2D eigenvalue weighted by molar-refractivity contribution is 7.07. The first-order chi connectivity index (χ1) is 11.2. The van der Waals surface area contributed by atoms with Crippen LogP contribution in [0.5, 0.6) is 0 Å². The number of thiazole rings is 1. The number of rotatable bonds is 5. The Labute approximate surface area is 140 Å². The van der Waals surface area contributed by atoms with Gasteiger partial charge in [-0.1, -0.05) is 6.92 Å². The summed E-state index contributed by atoms with van der Waals surface area (Å²) < 4.78 is 1.83. The van der Waals surface area contributed by atoms with Crippen molar-refractivity contribution in [3.05, 3.63) is 35.0 Å². The van der Waals surface area contributed by atoms with E-state index < -0.39 is 0 Å². The van der Waals surface area contributed by atoms with Gasteiger partial charge < -0.3 is 4.90 Å². The van der Waals surface area contributed by atoms with E-state index in [1.165, 1.54) is 0 Å². The van der Waals surface area contributed by atoms with Gasteiger partial charge in [0.15, 0.2) is 0 Å². The monoisotopic (exact) mass is 333 g/mol. The normalized spacial score (nSPS) is 17.9. The second kappa shape index (κ2) is 7.70. The Morgan fingerprint density at radius 2 is 2.26 bits per heavy atom. The average Bonchev–Trinajstić information content (AvgIpc) is 3.18. The fraction of sp³-hybridized carbons (Fsp3) is 0.562. The molecule has 0 N–H and O–H groups in total. The maximum Gasteiger partial charge on any atom is 0.227 e. The molecule has 0 unspecified atom stereocenters. The molecule has 6 nitrogen and oxygen atoms in total. The number of nitrogens with zero attached hydrogens (tertiary/aromatic N) is 5. The number of amides is 1. The summed E-state index contributed by atoms with van der Waals surface area (Å²) >= 11 is 1.63. The lowest BCUT2D eigenvalue weighted by Gasteiger charge is -2.24. The summed E-state index contributed by atoms with van der Waals surface area (Å²) in [5.41, 5.74) is 3.00. The summed E-state index contributed by atoms with van der Waals surface area (Å²) in [7, 11) is 0. The molecule has 23 heavy (non-hydrogen) atoms. The summed E-state index contributed by atoms with van der Waals surface area (Å²) in [4.78, 5) is 21.4. The summed E-state index contributed by atoms with van der Waals surface area (Å²) in [5, 5.41) is 6.28. The molecule has 1 aliphatic heterocycles. The van der Waals surface area contributed by atoms with E-state index in [0.29, 0.717) is 6.54 Å². The van der Waals surface area contributed by atoms with Gasteiger partial charge in [-0.15, -0.1) is 11.3 Å². The highest BCUT2D eigenvalue weighted by Crippen LogP contribution is 2.12. The van der Waals surface area contributed by atoms with Gasteiger partial charge in [0.05, 0.1) is 23.7 Å². The molecule has 0 spiro atoms. The van der Waals surface area contributed by atoms with Crippen LogP contribution in [0.15, 0.2) is 29.4 Å². The minimum atomic E-state index is -0.0417. The Balaban J connectivity index is 1.51. The molecule has 0 radical (unpaired) electrons. The molecule has 1 saturated heterocycles. The molecule has 0 saturated carbocycles. The van der Waals surface area contributed by atoms with Gasteiger partial charge in [0.1, 0.15) is 0 Å². The van der Waals surface area contributed by atoms with Crippen molar-refractivity contribution in [2.24, 2.45) is 5.92 Å². The quantitative estimate of drug-likeness (QED) is 0.836. The zero-order chi connectivity index (χ0) is 16.1. The van der Waals surface area contributed by atoms with E-state index >= 15 is 0 Å². The minimum Gasteiger partial charge on any atom is -0.341 e. The van der Waals surface area contributed by atoms with Gasteiger partial charge >= 0.3 is 0 Å². The van der Waals surface area contributed by atoms with Gasteiger partial charge in [0.2, 0.25) is 5.91 Å².